The van der Waals surface area contributed by atoms with Gasteiger partial charge in [-0.25, -0.2) is 0 Å². The molecule has 1 unspecified atom stereocenters. The van der Waals surface area contributed by atoms with Crippen LogP contribution >= 0.6 is 0 Å². The summed E-state index contributed by atoms with van der Waals surface area (Å²) in [6.45, 7) is 4.73. The summed E-state index contributed by atoms with van der Waals surface area (Å²) in [6, 6.07) is 7.95. The van der Waals surface area contributed by atoms with E-state index in [-0.39, 0.29) is 35.4 Å². The second-order valence-electron chi connectivity index (χ2n) is 9.96. The number of ketones is 1. The summed E-state index contributed by atoms with van der Waals surface area (Å²) in [4.78, 5) is 24.2. The Balaban J connectivity index is 1.65. The molecule has 0 aliphatic heterocycles. The van der Waals surface area contributed by atoms with Gasteiger partial charge < -0.3 is 15.5 Å². The third-order valence-electron chi connectivity index (χ3n) is 7.67. The molecule has 5 nitrogen and oxygen atoms in total. The molecule has 0 aromatic heterocycles. The number of nitrogens with one attached hydrogen (secondary N) is 1. The Bertz CT molecular complexity index is 829. The molecule has 0 saturated heterocycles. The second-order valence-corrected chi connectivity index (χ2v) is 9.96. The zero-order valence-corrected chi connectivity index (χ0v) is 20.3. The lowest BCUT2D eigenvalue weighted by molar-refractivity contribution is -0.121. The molecule has 2 saturated carbocycles. The van der Waals surface area contributed by atoms with Gasteiger partial charge in [-0.3, -0.25) is 9.59 Å². The van der Waals surface area contributed by atoms with Gasteiger partial charge in [0.1, 0.15) is 5.78 Å². The van der Waals surface area contributed by atoms with Gasteiger partial charge in [0.15, 0.2) is 0 Å². The molecule has 2 fully saturated rings. The third-order valence-corrected chi connectivity index (χ3v) is 7.67. The highest BCUT2D eigenvalue weighted by Gasteiger charge is 2.44. The molecule has 0 bridgehead atoms. The van der Waals surface area contributed by atoms with Crippen molar-refractivity contribution in [1.29, 1.82) is 0 Å². The Morgan fingerprint density at radius 1 is 1.27 bits per heavy atom. The molecule has 5 heteroatoms. The predicted molar refractivity (Wildman–Crippen MR) is 131 cm³/mol. The van der Waals surface area contributed by atoms with Gasteiger partial charge in [-0.1, -0.05) is 56.2 Å². The van der Waals surface area contributed by atoms with Crippen molar-refractivity contribution >= 4 is 11.7 Å². The number of amides is 1. The third kappa shape index (κ3) is 6.13. The molecule has 3 N–H and O–H groups in total. The molecule has 33 heavy (non-hydrogen) atoms. The zero-order chi connectivity index (χ0) is 23.8. The highest BCUT2D eigenvalue weighted by Crippen LogP contribution is 2.53. The van der Waals surface area contributed by atoms with E-state index in [1.54, 1.807) is 0 Å². The van der Waals surface area contributed by atoms with E-state index in [1.165, 1.54) is 6.42 Å². The highest BCUT2D eigenvalue weighted by molar-refractivity contribution is 5.85. The van der Waals surface area contributed by atoms with E-state index in [9.17, 15) is 19.8 Å². The summed E-state index contributed by atoms with van der Waals surface area (Å²) in [5, 5.41) is 24.7. The molecule has 1 aromatic rings. The Morgan fingerprint density at radius 3 is 2.73 bits per heavy atom. The van der Waals surface area contributed by atoms with Crippen molar-refractivity contribution in [2.24, 2.45) is 11.3 Å². The van der Waals surface area contributed by atoms with Crippen LogP contribution in [0.5, 0.6) is 0 Å². The summed E-state index contributed by atoms with van der Waals surface area (Å²) in [6.07, 6.45) is 11.1. The number of Topliss-reactive ketones (excluding diaryl/α,β-unsaturated/α-hetero) is 1. The summed E-state index contributed by atoms with van der Waals surface area (Å²) >= 11 is 0. The van der Waals surface area contributed by atoms with Gasteiger partial charge in [0.2, 0.25) is 5.91 Å². The van der Waals surface area contributed by atoms with Crippen LogP contribution < -0.4 is 5.32 Å². The van der Waals surface area contributed by atoms with Crippen LogP contribution in [0.15, 0.2) is 36.4 Å². The van der Waals surface area contributed by atoms with Gasteiger partial charge in [-0.05, 0) is 56.6 Å². The Labute approximate surface area is 198 Å². The zero-order valence-electron chi connectivity index (χ0n) is 20.3. The molecule has 0 radical (unpaired) electrons. The van der Waals surface area contributed by atoms with E-state index in [2.05, 4.69) is 12.2 Å². The smallest absolute Gasteiger partial charge is 0.219 e. The van der Waals surface area contributed by atoms with Crippen LogP contribution in [0.4, 0.5) is 0 Å². The number of unbranched alkanes of at least 4 members (excludes halogenated alkanes) is 1. The maximum atomic E-state index is 12.7. The van der Waals surface area contributed by atoms with Crippen molar-refractivity contribution in [2.45, 2.75) is 96.2 Å². The van der Waals surface area contributed by atoms with Gasteiger partial charge >= 0.3 is 0 Å². The van der Waals surface area contributed by atoms with Crippen LogP contribution in [0, 0.1) is 11.3 Å². The van der Waals surface area contributed by atoms with E-state index >= 15 is 0 Å². The number of rotatable bonds is 12. The first kappa shape index (κ1) is 25.6. The summed E-state index contributed by atoms with van der Waals surface area (Å²) in [5.74, 6) is -0.315. The first-order valence-corrected chi connectivity index (χ1v) is 12.8. The standard InChI is InChI=1S/C28H41NO4/c1-3-15-28(16-10-17-28)27(33)21-12-9-11-20(18-21)26-22(23(30)19-24(26)31)13-7-5-6-8-14-25(32)29-4-2/h5,7,9,11-12,18,22,24,26-27,31,33H,3-4,6,8,10,13-17,19H2,1-2H3,(H,29,32)/t22-,24+,26+,27?/m0/s1. The number of benzene rings is 1. The average molecular weight is 456 g/mol. The van der Waals surface area contributed by atoms with Crippen molar-refractivity contribution in [3.63, 3.8) is 0 Å². The van der Waals surface area contributed by atoms with E-state index in [0.29, 0.717) is 19.4 Å². The molecule has 1 amide bonds. The number of hydrogen-bond donors (Lipinski definition) is 3. The van der Waals surface area contributed by atoms with Crippen molar-refractivity contribution < 1.29 is 19.8 Å². The van der Waals surface area contributed by atoms with Gasteiger partial charge in [-0.2, -0.15) is 0 Å². The van der Waals surface area contributed by atoms with E-state index in [1.807, 2.05) is 43.3 Å². The maximum absolute atomic E-state index is 12.7. The number of carbonyl (C=O) groups excluding carboxylic acids is 2. The summed E-state index contributed by atoms with van der Waals surface area (Å²) in [5.41, 5.74) is 1.84. The van der Waals surface area contributed by atoms with Crippen molar-refractivity contribution in [3.05, 3.63) is 47.5 Å². The minimum absolute atomic E-state index is 0.0202. The number of aliphatic hydroxyl groups is 2. The van der Waals surface area contributed by atoms with E-state index < -0.39 is 12.2 Å². The molecule has 182 valence electrons. The molecular weight excluding hydrogens is 414 g/mol. The monoisotopic (exact) mass is 455 g/mol. The Morgan fingerprint density at radius 2 is 2.06 bits per heavy atom. The summed E-state index contributed by atoms with van der Waals surface area (Å²) < 4.78 is 0. The van der Waals surface area contributed by atoms with Gasteiger partial charge in [0.05, 0.1) is 12.2 Å². The number of hydrogen-bond acceptors (Lipinski definition) is 4. The van der Waals surface area contributed by atoms with E-state index in [0.717, 1.165) is 49.7 Å². The van der Waals surface area contributed by atoms with Gasteiger partial charge in [0, 0.05) is 36.6 Å². The first-order chi connectivity index (χ1) is 15.9. The van der Waals surface area contributed by atoms with Crippen LogP contribution in [-0.2, 0) is 9.59 Å². The lowest BCUT2D eigenvalue weighted by atomic mass is 9.61. The van der Waals surface area contributed by atoms with Crippen LogP contribution in [-0.4, -0.2) is 34.6 Å². The summed E-state index contributed by atoms with van der Waals surface area (Å²) in [7, 11) is 0. The van der Waals surface area contributed by atoms with Crippen LogP contribution in [0.2, 0.25) is 0 Å². The minimum atomic E-state index is -0.686. The topological polar surface area (TPSA) is 86.6 Å². The first-order valence-electron chi connectivity index (χ1n) is 12.8. The van der Waals surface area contributed by atoms with Gasteiger partial charge in [-0.15, -0.1) is 0 Å². The molecule has 1 aromatic carbocycles. The van der Waals surface area contributed by atoms with Crippen molar-refractivity contribution in [1.82, 2.24) is 5.32 Å². The normalized spacial score (nSPS) is 25.2. The molecule has 0 heterocycles. The van der Waals surface area contributed by atoms with E-state index in [4.69, 9.17) is 0 Å². The van der Waals surface area contributed by atoms with Crippen molar-refractivity contribution in [3.8, 4) is 0 Å². The number of carbonyl (C=O) groups is 2. The van der Waals surface area contributed by atoms with Crippen molar-refractivity contribution in [2.75, 3.05) is 6.54 Å². The minimum Gasteiger partial charge on any atom is -0.392 e. The van der Waals surface area contributed by atoms with Gasteiger partial charge in [0.25, 0.3) is 0 Å². The molecule has 2 aliphatic rings. The fraction of sp³-hybridized carbons (Fsp3) is 0.643. The fourth-order valence-corrected chi connectivity index (χ4v) is 5.79. The van der Waals surface area contributed by atoms with Crippen LogP contribution in [0.3, 0.4) is 0 Å². The molecule has 3 rings (SSSR count). The molecular formula is C28H41NO4. The number of allylic oxidation sites excluding steroid dienone is 2. The van der Waals surface area contributed by atoms with Crippen LogP contribution in [0.25, 0.3) is 0 Å². The number of aliphatic hydroxyl groups excluding tert-OH is 2. The Hall–Kier alpha value is -1.98. The lowest BCUT2D eigenvalue weighted by Gasteiger charge is -2.46. The molecule has 2 aliphatic carbocycles. The quantitative estimate of drug-likeness (QED) is 0.307. The second kappa shape index (κ2) is 11.9. The average Bonchev–Trinajstić information content (AvgIpc) is 3.05. The SMILES string of the molecule is CCCC1(C(O)c2cccc([C@H]3[C@H](O)CC(=O)[C@@H]3CC=CCCCC(=O)NCC)c2)CCC1. The highest BCUT2D eigenvalue weighted by atomic mass is 16.3. The molecule has 0 spiro atoms. The Kier molecular flexibility index (Phi) is 9.27. The molecule has 4 atom stereocenters. The predicted octanol–water partition coefficient (Wildman–Crippen LogP) is 4.98. The van der Waals surface area contributed by atoms with Crippen LogP contribution in [0.1, 0.15) is 101 Å². The fourth-order valence-electron chi connectivity index (χ4n) is 5.79. The largest absolute Gasteiger partial charge is 0.392 e. The maximum Gasteiger partial charge on any atom is 0.219 e. The lowest BCUT2D eigenvalue weighted by Crippen LogP contribution is -2.36.